The van der Waals surface area contributed by atoms with Crippen LogP contribution in [-0.2, 0) is 6.42 Å². The summed E-state index contributed by atoms with van der Waals surface area (Å²) in [7, 11) is 0. The van der Waals surface area contributed by atoms with Crippen molar-refractivity contribution in [2.45, 2.75) is 20.3 Å². The molecule has 2 aromatic rings. The maximum atomic E-state index is 13.2. The second kappa shape index (κ2) is 5.28. The molecule has 0 amide bonds. The quantitative estimate of drug-likeness (QED) is 0.795. The van der Waals surface area contributed by atoms with Crippen LogP contribution < -0.4 is 0 Å². The molecule has 0 unspecified atom stereocenters. The summed E-state index contributed by atoms with van der Waals surface area (Å²) in [6.45, 7) is 3.89. The van der Waals surface area contributed by atoms with Crippen molar-refractivity contribution in [1.82, 2.24) is 4.98 Å². The Balaban J connectivity index is 2.21. The topological polar surface area (TPSA) is 30.0 Å². The van der Waals surface area contributed by atoms with E-state index in [1.54, 1.807) is 6.07 Å². The molecule has 1 aromatic carbocycles. The molecule has 5 heteroatoms. The number of Topliss-reactive ketones (excluding diaryl/α,β-unsaturated/α-hetero) is 1. The van der Waals surface area contributed by atoms with Crippen LogP contribution in [0.3, 0.4) is 0 Å². The van der Waals surface area contributed by atoms with Crippen molar-refractivity contribution in [2.75, 3.05) is 0 Å². The Morgan fingerprint density at radius 2 is 2.11 bits per heavy atom. The number of halogens is 2. The highest BCUT2D eigenvalue weighted by molar-refractivity contribution is 9.10. The van der Waals surface area contributed by atoms with Gasteiger partial charge in [-0.1, -0.05) is 15.9 Å². The molecule has 0 aliphatic heterocycles. The van der Waals surface area contributed by atoms with Gasteiger partial charge in [0.2, 0.25) is 0 Å². The van der Waals surface area contributed by atoms with E-state index in [1.807, 2.05) is 13.8 Å². The predicted octanol–water partition coefficient (Wildman–Crippen LogP) is 4.09. The summed E-state index contributed by atoms with van der Waals surface area (Å²) in [6.07, 6.45) is 0.217. The maximum absolute atomic E-state index is 13.2. The molecular formula is C13H11BrFNOS. The highest BCUT2D eigenvalue weighted by Gasteiger charge is 2.12. The van der Waals surface area contributed by atoms with Crippen molar-refractivity contribution < 1.29 is 9.18 Å². The lowest BCUT2D eigenvalue weighted by Crippen LogP contribution is -2.04. The fraction of sp³-hybridized carbons (Fsp3) is 0.231. The SMILES string of the molecule is Cc1nc(CC(=O)c2cc(F)cc(Br)c2)sc1C. The predicted molar refractivity (Wildman–Crippen MR) is 73.7 cm³/mol. The Bertz CT molecular complexity index is 569. The van der Waals surface area contributed by atoms with Gasteiger partial charge in [0, 0.05) is 14.9 Å². The molecule has 0 saturated heterocycles. The van der Waals surface area contributed by atoms with Gasteiger partial charge in [-0.25, -0.2) is 9.37 Å². The summed E-state index contributed by atoms with van der Waals surface area (Å²) < 4.78 is 13.8. The minimum Gasteiger partial charge on any atom is -0.294 e. The molecule has 1 aromatic heterocycles. The Kier molecular flexibility index (Phi) is 3.92. The van der Waals surface area contributed by atoms with Crippen molar-refractivity contribution in [3.63, 3.8) is 0 Å². The van der Waals surface area contributed by atoms with E-state index in [0.29, 0.717) is 10.0 Å². The van der Waals surface area contributed by atoms with Crippen molar-refractivity contribution in [3.05, 3.63) is 49.6 Å². The van der Waals surface area contributed by atoms with Crippen molar-refractivity contribution in [3.8, 4) is 0 Å². The largest absolute Gasteiger partial charge is 0.294 e. The minimum atomic E-state index is -0.417. The highest BCUT2D eigenvalue weighted by Crippen LogP contribution is 2.20. The minimum absolute atomic E-state index is 0.121. The smallest absolute Gasteiger partial charge is 0.169 e. The normalized spacial score (nSPS) is 10.7. The zero-order valence-corrected chi connectivity index (χ0v) is 12.4. The first-order valence-electron chi connectivity index (χ1n) is 5.38. The fourth-order valence-corrected chi connectivity index (χ4v) is 2.97. The van der Waals surface area contributed by atoms with Crippen LogP contribution in [0.15, 0.2) is 22.7 Å². The lowest BCUT2D eigenvalue weighted by Gasteiger charge is -2.00. The van der Waals surface area contributed by atoms with Gasteiger partial charge >= 0.3 is 0 Å². The summed E-state index contributed by atoms with van der Waals surface area (Å²) in [5.74, 6) is -0.539. The van der Waals surface area contributed by atoms with Gasteiger partial charge in [0.1, 0.15) is 10.8 Å². The van der Waals surface area contributed by atoms with E-state index in [4.69, 9.17) is 0 Å². The number of ketones is 1. The molecule has 0 saturated carbocycles. The van der Waals surface area contributed by atoms with Crippen LogP contribution in [0.1, 0.15) is 25.9 Å². The van der Waals surface area contributed by atoms with Gasteiger partial charge in [0.25, 0.3) is 0 Å². The number of aryl methyl sites for hydroxylation is 2. The number of hydrogen-bond acceptors (Lipinski definition) is 3. The summed E-state index contributed by atoms with van der Waals surface area (Å²) in [4.78, 5) is 17.4. The molecule has 2 nitrogen and oxygen atoms in total. The standard InChI is InChI=1S/C13H11BrFNOS/c1-7-8(2)18-13(16-7)6-12(17)9-3-10(14)5-11(15)4-9/h3-5H,6H2,1-2H3. The van der Waals surface area contributed by atoms with Crippen LogP contribution >= 0.6 is 27.3 Å². The van der Waals surface area contributed by atoms with Gasteiger partial charge in [-0.2, -0.15) is 0 Å². The number of thiazole rings is 1. The van der Waals surface area contributed by atoms with E-state index in [9.17, 15) is 9.18 Å². The Morgan fingerprint density at radius 3 is 2.67 bits per heavy atom. The first-order chi connectivity index (χ1) is 8.45. The van der Waals surface area contributed by atoms with Gasteiger partial charge in [0.05, 0.1) is 12.1 Å². The third-order valence-electron chi connectivity index (χ3n) is 2.57. The number of rotatable bonds is 3. The zero-order chi connectivity index (χ0) is 13.3. The molecule has 1 heterocycles. The molecule has 0 fully saturated rings. The third-order valence-corrected chi connectivity index (χ3v) is 4.10. The Morgan fingerprint density at radius 1 is 1.39 bits per heavy atom. The maximum Gasteiger partial charge on any atom is 0.169 e. The summed E-state index contributed by atoms with van der Waals surface area (Å²) in [6, 6.07) is 4.20. The lowest BCUT2D eigenvalue weighted by atomic mass is 10.1. The van der Waals surface area contributed by atoms with Crippen LogP contribution in [0.2, 0.25) is 0 Å². The molecule has 0 radical (unpaired) electrons. The lowest BCUT2D eigenvalue weighted by molar-refractivity contribution is 0.0992. The molecule has 0 bridgehead atoms. The zero-order valence-electron chi connectivity index (χ0n) is 9.96. The number of benzene rings is 1. The second-order valence-electron chi connectivity index (χ2n) is 4.01. The first kappa shape index (κ1) is 13.4. The van der Waals surface area contributed by atoms with Crippen LogP contribution in [-0.4, -0.2) is 10.8 Å². The van der Waals surface area contributed by atoms with Crippen molar-refractivity contribution >= 4 is 33.0 Å². The Labute approximate surface area is 117 Å². The van der Waals surface area contributed by atoms with Crippen LogP contribution in [0.4, 0.5) is 4.39 Å². The average molecular weight is 328 g/mol. The van der Waals surface area contributed by atoms with E-state index in [-0.39, 0.29) is 12.2 Å². The summed E-state index contributed by atoms with van der Waals surface area (Å²) in [5, 5.41) is 0.774. The van der Waals surface area contributed by atoms with Crippen LogP contribution in [0.25, 0.3) is 0 Å². The molecule has 0 atom stereocenters. The van der Waals surface area contributed by atoms with Crippen molar-refractivity contribution in [1.29, 1.82) is 0 Å². The fourth-order valence-electron chi connectivity index (χ4n) is 1.57. The summed E-state index contributed by atoms with van der Waals surface area (Å²) in [5.41, 5.74) is 1.32. The molecular weight excluding hydrogens is 317 g/mol. The van der Waals surface area contributed by atoms with Gasteiger partial charge in [-0.15, -0.1) is 11.3 Å². The van der Waals surface area contributed by atoms with Gasteiger partial charge in [0.15, 0.2) is 5.78 Å². The Hall–Kier alpha value is -1.07. The van der Waals surface area contributed by atoms with Gasteiger partial charge < -0.3 is 0 Å². The number of nitrogens with zero attached hydrogens (tertiary/aromatic N) is 1. The van der Waals surface area contributed by atoms with Crippen molar-refractivity contribution in [2.24, 2.45) is 0 Å². The molecule has 0 aliphatic carbocycles. The molecule has 2 rings (SSSR count). The summed E-state index contributed by atoms with van der Waals surface area (Å²) >= 11 is 4.69. The van der Waals surface area contributed by atoms with E-state index in [2.05, 4.69) is 20.9 Å². The third kappa shape index (κ3) is 3.03. The first-order valence-corrected chi connectivity index (χ1v) is 6.99. The number of carbonyl (C=O) groups is 1. The molecule has 94 valence electrons. The number of aromatic nitrogens is 1. The number of hydrogen-bond donors (Lipinski definition) is 0. The molecule has 18 heavy (non-hydrogen) atoms. The van der Waals surface area contributed by atoms with E-state index in [0.717, 1.165) is 15.6 Å². The van der Waals surface area contributed by atoms with Crippen LogP contribution in [0, 0.1) is 19.7 Å². The monoisotopic (exact) mass is 327 g/mol. The number of carbonyl (C=O) groups excluding carboxylic acids is 1. The van der Waals surface area contributed by atoms with Gasteiger partial charge in [-0.3, -0.25) is 4.79 Å². The second-order valence-corrected chi connectivity index (χ2v) is 6.21. The molecule has 0 spiro atoms. The van der Waals surface area contributed by atoms with Gasteiger partial charge in [-0.05, 0) is 32.0 Å². The van der Waals surface area contributed by atoms with Crippen LogP contribution in [0.5, 0.6) is 0 Å². The van der Waals surface area contributed by atoms with E-state index >= 15 is 0 Å². The molecule has 0 aliphatic rings. The van der Waals surface area contributed by atoms with E-state index in [1.165, 1.54) is 23.5 Å². The van der Waals surface area contributed by atoms with E-state index < -0.39 is 5.82 Å². The highest BCUT2D eigenvalue weighted by atomic mass is 79.9. The molecule has 0 N–H and O–H groups in total. The average Bonchev–Trinajstić information content (AvgIpc) is 2.56.